The van der Waals surface area contributed by atoms with Gasteiger partial charge in [0.2, 0.25) is 0 Å². The molecule has 2 N–H and O–H groups in total. The van der Waals surface area contributed by atoms with Crippen molar-refractivity contribution in [2.45, 2.75) is 18.5 Å². The van der Waals surface area contributed by atoms with Gasteiger partial charge in [0.25, 0.3) is 0 Å². The summed E-state index contributed by atoms with van der Waals surface area (Å²) >= 11 is 1.37. The van der Waals surface area contributed by atoms with Crippen LogP contribution in [0.25, 0.3) is 0 Å². The van der Waals surface area contributed by atoms with Crippen LogP contribution in [0.2, 0.25) is 0 Å². The number of phenols is 2. The molecule has 2 heterocycles. The summed E-state index contributed by atoms with van der Waals surface area (Å²) in [7, 11) is 0. The molecular weight excluding hydrogens is 343 g/mol. The largest absolute Gasteiger partial charge is 0.504 e. The predicted molar refractivity (Wildman–Crippen MR) is 82.3 cm³/mol. The second kappa shape index (κ2) is 6.01. The SMILES string of the molecule is O=C(N1CCc2cc(O)c(O)cc2C(c2cccs2)C1)C(F)(F)F. The van der Waals surface area contributed by atoms with Gasteiger partial charge in [0.15, 0.2) is 11.5 Å². The molecule has 0 fully saturated rings. The summed E-state index contributed by atoms with van der Waals surface area (Å²) in [5.41, 5.74) is 1.26. The fraction of sp³-hybridized carbons (Fsp3) is 0.312. The van der Waals surface area contributed by atoms with E-state index < -0.39 is 18.0 Å². The third kappa shape index (κ3) is 3.06. The molecule has 0 aliphatic carbocycles. The minimum atomic E-state index is -4.93. The summed E-state index contributed by atoms with van der Waals surface area (Å²) in [4.78, 5) is 13.3. The van der Waals surface area contributed by atoms with Crippen molar-refractivity contribution < 1.29 is 28.2 Å². The van der Waals surface area contributed by atoms with Crippen molar-refractivity contribution in [1.82, 2.24) is 4.90 Å². The molecule has 128 valence electrons. The number of amides is 1. The van der Waals surface area contributed by atoms with Gasteiger partial charge in [-0.15, -0.1) is 11.3 Å². The molecule has 0 saturated heterocycles. The number of thiophene rings is 1. The minimum Gasteiger partial charge on any atom is -0.504 e. The lowest BCUT2D eigenvalue weighted by Crippen LogP contribution is -2.43. The van der Waals surface area contributed by atoms with Gasteiger partial charge in [0.1, 0.15) is 0 Å². The Morgan fingerprint density at radius 3 is 2.58 bits per heavy atom. The van der Waals surface area contributed by atoms with Gasteiger partial charge in [-0.2, -0.15) is 13.2 Å². The van der Waals surface area contributed by atoms with Crippen LogP contribution in [0.15, 0.2) is 29.6 Å². The van der Waals surface area contributed by atoms with Crippen molar-refractivity contribution in [3.8, 4) is 11.5 Å². The second-order valence-corrected chi connectivity index (χ2v) is 6.59. The van der Waals surface area contributed by atoms with E-state index in [1.54, 1.807) is 17.5 Å². The highest BCUT2D eigenvalue weighted by atomic mass is 32.1. The molecule has 0 bridgehead atoms. The van der Waals surface area contributed by atoms with Gasteiger partial charge in [-0.05, 0) is 41.1 Å². The van der Waals surface area contributed by atoms with E-state index >= 15 is 0 Å². The van der Waals surface area contributed by atoms with Crippen LogP contribution in [0.3, 0.4) is 0 Å². The molecule has 1 amide bonds. The summed E-state index contributed by atoms with van der Waals surface area (Å²) in [6.45, 7) is -0.229. The molecule has 0 radical (unpaired) electrons. The fourth-order valence-corrected chi connectivity index (χ4v) is 3.78. The second-order valence-electron chi connectivity index (χ2n) is 5.61. The van der Waals surface area contributed by atoms with E-state index in [9.17, 15) is 28.2 Å². The van der Waals surface area contributed by atoms with Crippen LogP contribution in [0, 0.1) is 0 Å². The van der Waals surface area contributed by atoms with Crippen molar-refractivity contribution in [2.24, 2.45) is 0 Å². The van der Waals surface area contributed by atoms with E-state index in [2.05, 4.69) is 0 Å². The van der Waals surface area contributed by atoms with Gasteiger partial charge in [-0.25, -0.2) is 0 Å². The highest BCUT2D eigenvalue weighted by Crippen LogP contribution is 2.39. The summed E-state index contributed by atoms with van der Waals surface area (Å²) in [6.07, 6.45) is -4.76. The molecule has 1 aliphatic rings. The van der Waals surface area contributed by atoms with E-state index in [4.69, 9.17) is 0 Å². The van der Waals surface area contributed by atoms with E-state index in [-0.39, 0.29) is 31.0 Å². The number of hydrogen-bond acceptors (Lipinski definition) is 4. The fourth-order valence-electron chi connectivity index (χ4n) is 2.94. The van der Waals surface area contributed by atoms with Crippen LogP contribution in [-0.4, -0.2) is 40.3 Å². The summed E-state index contributed by atoms with van der Waals surface area (Å²) < 4.78 is 38.5. The molecule has 2 aromatic rings. The van der Waals surface area contributed by atoms with Crippen LogP contribution < -0.4 is 0 Å². The molecule has 4 nitrogen and oxygen atoms in total. The van der Waals surface area contributed by atoms with Crippen molar-refractivity contribution in [2.75, 3.05) is 13.1 Å². The van der Waals surface area contributed by atoms with Gasteiger partial charge in [0.05, 0.1) is 0 Å². The molecule has 1 atom stereocenters. The number of rotatable bonds is 1. The standard InChI is InChI=1S/C16H14F3NO3S/c17-16(18,19)15(23)20-4-3-9-6-12(21)13(22)7-10(9)11(8-20)14-2-1-5-24-14/h1-2,5-7,11,21-22H,3-4,8H2. The Bertz CT molecular complexity index is 759. The average molecular weight is 357 g/mol. The normalized spacial score (nSPS) is 18.1. The number of nitrogens with zero attached hydrogens (tertiary/aromatic N) is 1. The number of carbonyl (C=O) groups is 1. The maximum atomic E-state index is 12.8. The predicted octanol–water partition coefficient (Wildman–Crippen LogP) is 3.24. The summed E-state index contributed by atoms with van der Waals surface area (Å²) in [5.74, 6) is -3.01. The minimum absolute atomic E-state index is 0.0998. The molecule has 0 spiro atoms. The first-order valence-corrected chi connectivity index (χ1v) is 8.09. The molecule has 1 aromatic heterocycles. The van der Waals surface area contributed by atoms with Crippen molar-refractivity contribution in [3.05, 3.63) is 45.6 Å². The van der Waals surface area contributed by atoms with Gasteiger partial charge < -0.3 is 15.1 Å². The van der Waals surface area contributed by atoms with Crippen LogP contribution in [0.1, 0.15) is 21.9 Å². The molecular formula is C16H14F3NO3S. The molecule has 8 heteroatoms. The van der Waals surface area contributed by atoms with Gasteiger partial charge in [-0.3, -0.25) is 4.79 Å². The van der Waals surface area contributed by atoms with Crippen molar-refractivity contribution in [1.29, 1.82) is 0 Å². The number of hydrogen-bond donors (Lipinski definition) is 2. The number of alkyl halides is 3. The molecule has 1 unspecified atom stereocenters. The third-order valence-electron chi connectivity index (χ3n) is 4.08. The van der Waals surface area contributed by atoms with Crippen molar-refractivity contribution in [3.63, 3.8) is 0 Å². The number of fused-ring (bicyclic) bond motifs is 1. The Morgan fingerprint density at radius 2 is 1.96 bits per heavy atom. The number of benzene rings is 1. The number of aromatic hydroxyl groups is 2. The Hall–Kier alpha value is -2.22. The van der Waals surface area contributed by atoms with Gasteiger partial charge in [0, 0.05) is 23.9 Å². The maximum absolute atomic E-state index is 12.8. The summed E-state index contributed by atoms with van der Waals surface area (Å²) in [6, 6.07) is 6.29. The van der Waals surface area contributed by atoms with Crippen LogP contribution in [0.4, 0.5) is 13.2 Å². The molecule has 0 saturated carbocycles. The van der Waals surface area contributed by atoms with Gasteiger partial charge >= 0.3 is 12.1 Å². The topological polar surface area (TPSA) is 60.8 Å². The van der Waals surface area contributed by atoms with Crippen LogP contribution >= 0.6 is 11.3 Å². The first kappa shape index (κ1) is 16.6. The first-order chi connectivity index (χ1) is 11.3. The zero-order valence-electron chi connectivity index (χ0n) is 12.4. The van der Waals surface area contributed by atoms with E-state index in [1.807, 2.05) is 0 Å². The Balaban J connectivity index is 2.05. The van der Waals surface area contributed by atoms with Crippen LogP contribution in [-0.2, 0) is 11.2 Å². The van der Waals surface area contributed by atoms with E-state index in [0.29, 0.717) is 11.1 Å². The lowest BCUT2D eigenvalue weighted by atomic mass is 9.92. The number of halogens is 3. The number of carbonyl (C=O) groups excluding carboxylic acids is 1. The van der Waals surface area contributed by atoms with E-state index in [0.717, 1.165) is 9.78 Å². The highest BCUT2D eigenvalue weighted by Gasteiger charge is 2.44. The quantitative estimate of drug-likeness (QED) is 0.771. The lowest BCUT2D eigenvalue weighted by molar-refractivity contribution is -0.185. The zero-order chi connectivity index (χ0) is 17.5. The smallest absolute Gasteiger partial charge is 0.471 e. The Kier molecular flexibility index (Phi) is 4.16. The third-order valence-corrected chi connectivity index (χ3v) is 5.07. The van der Waals surface area contributed by atoms with E-state index in [1.165, 1.54) is 23.5 Å². The first-order valence-electron chi connectivity index (χ1n) is 7.21. The Morgan fingerprint density at radius 1 is 1.25 bits per heavy atom. The molecule has 3 rings (SSSR count). The Labute approximate surface area is 139 Å². The molecule has 1 aromatic carbocycles. The summed E-state index contributed by atoms with van der Waals surface area (Å²) in [5, 5.41) is 21.3. The lowest BCUT2D eigenvalue weighted by Gasteiger charge is -2.25. The molecule has 24 heavy (non-hydrogen) atoms. The van der Waals surface area contributed by atoms with Crippen LogP contribution in [0.5, 0.6) is 11.5 Å². The highest BCUT2D eigenvalue weighted by molar-refractivity contribution is 7.10. The monoisotopic (exact) mass is 357 g/mol. The average Bonchev–Trinajstić information content (AvgIpc) is 2.97. The number of phenolic OH excluding ortho intramolecular Hbond substituents is 2. The zero-order valence-corrected chi connectivity index (χ0v) is 13.2. The van der Waals surface area contributed by atoms with Crippen molar-refractivity contribution >= 4 is 17.2 Å². The van der Waals surface area contributed by atoms with Gasteiger partial charge in [-0.1, -0.05) is 6.07 Å². The molecule has 1 aliphatic heterocycles. The maximum Gasteiger partial charge on any atom is 0.471 e.